The van der Waals surface area contributed by atoms with Gasteiger partial charge in [0.15, 0.2) is 6.54 Å². The maximum absolute atomic E-state index is 13.2. The lowest BCUT2D eigenvalue weighted by Gasteiger charge is -2.31. The Morgan fingerprint density at radius 3 is 2.62 bits per heavy atom. The quantitative estimate of drug-likeness (QED) is 0.721. The van der Waals surface area contributed by atoms with Gasteiger partial charge in [-0.05, 0) is 38.1 Å². The molecule has 7 nitrogen and oxygen atoms in total. The average molecular weight is 400 g/mol. The van der Waals surface area contributed by atoms with Gasteiger partial charge in [0.1, 0.15) is 5.82 Å². The Kier molecular flexibility index (Phi) is 6.43. The summed E-state index contributed by atoms with van der Waals surface area (Å²) < 4.78 is 15.0. The van der Waals surface area contributed by atoms with Crippen molar-refractivity contribution in [3.63, 3.8) is 0 Å². The Bertz CT molecular complexity index is 929. The van der Waals surface area contributed by atoms with Crippen molar-refractivity contribution >= 4 is 23.6 Å². The van der Waals surface area contributed by atoms with Crippen molar-refractivity contribution in [3.8, 4) is 0 Å². The van der Waals surface area contributed by atoms with Crippen LogP contribution in [0.5, 0.6) is 0 Å². The number of nitrogens with zero attached hydrogens (tertiary/aromatic N) is 3. The van der Waals surface area contributed by atoms with Crippen LogP contribution in [0.2, 0.25) is 0 Å². The fraction of sp³-hybridized carbons (Fsp3) is 0.381. The first-order chi connectivity index (χ1) is 13.8. The fourth-order valence-corrected chi connectivity index (χ4v) is 3.51. The number of amides is 2. The summed E-state index contributed by atoms with van der Waals surface area (Å²) in [4.78, 5) is 27.6. The third-order valence-electron chi connectivity index (χ3n) is 5.26. The number of carbonyl (C=O) groups is 2. The molecule has 0 unspecified atom stereocenters. The number of piperazine rings is 1. The van der Waals surface area contributed by atoms with Gasteiger partial charge in [-0.3, -0.25) is 14.3 Å². The molecule has 1 aliphatic heterocycles. The number of nitrogens with one attached hydrogen (secondary N) is 2. The number of halogens is 1. The van der Waals surface area contributed by atoms with Crippen molar-refractivity contribution in [2.75, 3.05) is 38.0 Å². The van der Waals surface area contributed by atoms with E-state index in [2.05, 4.69) is 10.4 Å². The normalized spacial score (nSPS) is 15.1. The fourth-order valence-electron chi connectivity index (χ4n) is 3.51. The Morgan fingerprint density at radius 1 is 1.28 bits per heavy atom. The lowest BCUT2D eigenvalue weighted by molar-refractivity contribution is -0.895. The SMILES string of the molecule is Cc1nn(C)c(C)c1/C=C/C(=O)N1CC[NH+](CC(=O)Nc2cccc(F)c2)CC1. The summed E-state index contributed by atoms with van der Waals surface area (Å²) in [6.45, 7) is 6.77. The molecule has 29 heavy (non-hydrogen) atoms. The van der Waals surface area contributed by atoms with E-state index >= 15 is 0 Å². The van der Waals surface area contributed by atoms with E-state index in [0.717, 1.165) is 21.9 Å². The van der Waals surface area contributed by atoms with E-state index < -0.39 is 0 Å². The van der Waals surface area contributed by atoms with E-state index in [4.69, 9.17) is 0 Å². The molecule has 1 fully saturated rings. The zero-order valence-corrected chi connectivity index (χ0v) is 17.0. The van der Waals surface area contributed by atoms with Crippen LogP contribution in [0, 0.1) is 19.7 Å². The van der Waals surface area contributed by atoms with Crippen LogP contribution >= 0.6 is 0 Å². The lowest BCUT2D eigenvalue weighted by atomic mass is 10.2. The molecule has 0 radical (unpaired) electrons. The topological polar surface area (TPSA) is 71.7 Å². The molecule has 1 aliphatic rings. The molecular weight excluding hydrogens is 373 g/mol. The van der Waals surface area contributed by atoms with Gasteiger partial charge in [0.05, 0.1) is 31.9 Å². The maximum atomic E-state index is 13.2. The van der Waals surface area contributed by atoms with Gasteiger partial charge < -0.3 is 15.1 Å². The molecule has 1 saturated heterocycles. The van der Waals surface area contributed by atoms with Gasteiger partial charge in [0, 0.05) is 30.1 Å². The molecule has 0 atom stereocenters. The molecule has 154 valence electrons. The zero-order chi connectivity index (χ0) is 21.0. The van der Waals surface area contributed by atoms with Crippen molar-refractivity contribution in [3.05, 3.63) is 53.1 Å². The predicted molar refractivity (Wildman–Crippen MR) is 109 cm³/mol. The molecule has 1 aromatic heterocycles. The van der Waals surface area contributed by atoms with Crippen molar-refractivity contribution in [2.24, 2.45) is 7.05 Å². The van der Waals surface area contributed by atoms with Gasteiger partial charge in [-0.15, -0.1) is 0 Å². The summed E-state index contributed by atoms with van der Waals surface area (Å²) >= 11 is 0. The monoisotopic (exact) mass is 400 g/mol. The standard InChI is InChI=1S/C21H26FN5O2/c1-15-19(16(2)25(3)24-15)7-8-21(29)27-11-9-26(10-12-27)14-20(28)23-18-6-4-5-17(22)13-18/h4-8,13H,9-12,14H2,1-3H3,(H,23,28)/p+1/b8-7+. The van der Waals surface area contributed by atoms with E-state index in [1.165, 1.54) is 12.1 Å². The molecule has 0 spiro atoms. The van der Waals surface area contributed by atoms with Gasteiger partial charge in [0.25, 0.3) is 5.91 Å². The summed E-state index contributed by atoms with van der Waals surface area (Å²) in [5.41, 5.74) is 3.34. The van der Waals surface area contributed by atoms with Crippen LogP contribution < -0.4 is 10.2 Å². The first kappa shape index (κ1) is 20.7. The smallest absolute Gasteiger partial charge is 0.279 e. The van der Waals surface area contributed by atoms with Gasteiger partial charge in [-0.25, -0.2) is 4.39 Å². The highest BCUT2D eigenvalue weighted by Crippen LogP contribution is 2.14. The third-order valence-corrected chi connectivity index (χ3v) is 5.26. The van der Waals surface area contributed by atoms with Crippen LogP contribution in [-0.2, 0) is 16.6 Å². The van der Waals surface area contributed by atoms with Gasteiger partial charge in [-0.2, -0.15) is 5.10 Å². The molecule has 1 aromatic carbocycles. The first-order valence-corrected chi connectivity index (χ1v) is 9.69. The highest BCUT2D eigenvalue weighted by atomic mass is 19.1. The number of quaternary nitrogens is 1. The molecular formula is C21H27FN5O2+. The number of hydrogen-bond donors (Lipinski definition) is 2. The van der Waals surface area contributed by atoms with E-state index in [1.54, 1.807) is 27.8 Å². The van der Waals surface area contributed by atoms with Crippen LogP contribution in [0.15, 0.2) is 30.3 Å². The molecule has 2 amide bonds. The van der Waals surface area contributed by atoms with Gasteiger partial charge in [-0.1, -0.05) is 6.07 Å². The highest BCUT2D eigenvalue weighted by molar-refractivity contribution is 5.92. The summed E-state index contributed by atoms with van der Waals surface area (Å²) in [5.74, 6) is -0.573. The lowest BCUT2D eigenvalue weighted by Crippen LogP contribution is -3.15. The molecule has 8 heteroatoms. The molecule has 0 aliphatic carbocycles. The van der Waals surface area contributed by atoms with E-state index in [9.17, 15) is 14.0 Å². The second-order valence-corrected chi connectivity index (χ2v) is 7.35. The number of aromatic nitrogens is 2. The van der Waals surface area contributed by atoms with Crippen molar-refractivity contribution in [2.45, 2.75) is 13.8 Å². The number of benzene rings is 1. The van der Waals surface area contributed by atoms with Crippen molar-refractivity contribution < 1.29 is 18.9 Å². The molecule has 0 saturated carbocycles. The van der Waals surface area contributed by atoms with Crippen LogP contribution in [-0.4, -0.2) is 59.2 Å². The Labute approximate surface area is 169 Å². The number of carbonyl (C=O) groups excluding carboxylic acids is 2. The van der Waals surface area contributed by atoms with Crippen LogP contribution in [0.1, 0.15) is 17.0 Å². The largest absolute Gasteiger partial charge is 0.328 e. The number of anilines is 1. The van der Waals surface area contributed by atoms with Crippen molar-refractivity contribution in [1.82, 2.24) is 14.7 Å². The average Bonchev–Trinajstić information content (AvgIpc) is 2.92. The maximum Gasteiger partial charge on any atom is 0.279 e. The number of aryl methyl sites for hydroxylation is 2. The van der Waals surface area contributed by atoms with Crippen LogP contribution in [0.25, 0.3) is 6.08 Å². The van der Waals surface area contributed by atoms with E-state index in [1.807, 2.05) is 27.0 Å². The third kappa shape index (κ3) is 5.29. The minimum Gasteiger partial charge on any atom is -0.328 e. The molecule has 2 N–H and O–H groups in total. The van der Waals surface area contributed by atoms with E-state index in [-0.39, 0.29) is 17.6 Å². The molecule has 3 rings (SSSR count). The van der Waals surface area contributed by atoms with Gasteiger partial charge >= 0.3 is 0 Å². The molecule has 2 aromatic rings. The summed E-state index contributed by atoms with van der Waals surface area (Å²) in [5, 5.41) is 7.07. The minimum absolute atomic E-state index is 0.0316. The number of rotatable bonds is 5. The Hall–Kier alpha value is -3.00. The number of hydrogen-bond acceptors (Lipinski definition) is 3. The summed E-state index contributed by atoms with van der Waals surface area (Å²) in [7, 11) is 1.88. The van der Waals surface area contributed by atoms with Gasteiger partial charge in [0.2, 0.25) is 5.91 Å². The summed E-state index contributed by atoms with van der Waals surface area (Å²) in [6.07, 6.45) is 3.42. The van der Waals surface area contributed by atoms with Crippen molar-refractivity contribution in [1.29, 1.82) is 0 Å². The Morgan fingerprint density at radius 2 is 2.00 bits per heavy atom. The minimum atomic E-state index is -0.382. The first-order valence-electron chi connectivity index (χ1n) is 9.69. The van der Waals surface area contributed by atoms with Crippen LogP contribution in [0.4, 0.5) is 10.1 Å². The van der Waals surface area contributed by atoms with Crippen LogP contribution in [0.3, 0.4) is 0 Å². The zero-order valence-electron chi connectivity index (χ0n) is 17.0. The summed E-state index contributed by atoms with van der Waals surface area (Å²) in [6, 6.07) is 5.85. The highest BCUT2D eigenvalue weighted by Gasteiger charge is 2.24. The molecule has 2 heterocycles. The molecule has 0 bridgehead atoms. The second-order valence-electron chi connectivity index (χ2n) is 7.35. The second kappa shape index (κ2) is 9.00. The Balaban J connectivity index is 1.47. The predicted octanol–water partition coefficient (Wildman–Crippen LogP) is 0.555. The van der Waals surface area contributed by atoms with E-state index in [0.29, 0.717) is 38.4 Å².